The summed E-state index contributed by atoms with van der Waals surface area (Å²) in [6.07, 6.45) is 3.45. The summed E-state index contributed by atoms with van der Waals surface area (Å²) in [6, 6.07) is 8.87. The van der Waals surface area contributed by atoms with Gasteiger partial charge in [0.15, 0.2) is 0 Å². The SMILES string of the molecule is O=C(Cc1ccc(S(=O)(=O)NCc2ccc(F)cc2)s1)N1CCCCC1. The first-order chi connectivity index (χ1) is 12.4. The van der Waals surface area contributed by atoms with Gasteiger partial charge in [0.1, 0.15) is 10.0 Å². The van der Waals surface area contributed by atoms with E-state index in [9.17, 15) is 17.6 Å². The highest BCUT2D eigenvalue weighted by Gasteiger charge is 2.20. The molecule has 8 heteroatoms. The van der Waals surface area contributed by atoms with Crippen molar-refractivity contribution in [2.45, 2.75) is 36.4 Å². The van der Waals surface area contributed by atoms with E-state index in [0.29, 0.717) is 5.56 Å². The molecule has 1 saturated heterocycles. The van der Waals surface area contributed by atoms with Crippen LogP contribution in [0.1, 0.15) is 29.7 Å². The Morgan fingerprint density at radius 3 is 2.46 bits per heavy atom. The van der Waals surface area contributed by atoms with Crippen molar-refractivity contribution in [3.8, 4) is 0 Å². The van der Waals surface area contributed by atoms with Gasteiger partial charge in [-0.1, -0.05) is 12.1 Å². The Balaban J connectivity index is 1.60. The van der Waals surface area contributed by atoms with E-state index in [1.165, 1.54) is 30.3 Å². The van der Waals surface area contributed by atoms with Crippen molar-refractivity contribution < 1.29 is 17.6 Å². The molecule has 0 unspecified atom stereocenters. The number of hydrogen-bond acceptors (Lipinski definition) is 4. The highest BCUT2D eigenvalue weighted by atomic mass is 32.2. The van der Waals surface area contributed by atoms with Crippen LogP contribution < -0.4 is 4.72 Å². The fraction of sp³-hybridized carbons (Fsp3) is 0.389. The maximum atomic E-state index is 12.9. The summed E-state index contributed by atoms with van der Waals surface area (Å²) >= 11 is 1.11. The molecule has 1 aromatic heterocycles. The van der Waals surface area contributed by atoms with Crippen molar-refractivity contribution in [1.29, 1.82) is 0 Å². The van der Waals surface area contributed by atoms with Crippen molar-refractivity contribution in [3.05, 3.63) is 52.7 Å². The van der Waals surface area contributed by atoms with Gasteiger partial charge in [-0.2, -0.15) is 0 Å². The normalized spacial score (nSPS) is 15.2. The molecule has 0 saturated carbocycles. The summed E-state index contributed by atoms with van der Waals surface area (Å²) in [5.74, 6) is -0.312. The van der Waals surface area contributed by atoms with Crippen LogP contribution >= 0.6 is 11.3 Å². The fourth-order valence-electron chi connectivity index (χ4n) is 2.85. The van der Waals surface area contributed by atoms with Gasteiger partial charge in [0.05, 0.1) is 6.42 Å². The molecule has 0 spiro atoms. The van der Waals surface area contributed by atoms with Crippen molar-refractivity contribution in [3.63, 3.8) is 0 Å². The molecule has 0 radical (unpaired) electrons. The van der Waals surface area contributed by atoms with E-state index in [2.05, 4.69) is 4.72 Å². The summed E-state index contributed by atoms with van der Waals surface area (Å²) in [7, 11) is -3.66. The molecule has 0 bridgehead atoms. The van der Waals surface area contributed by atoms with Gasteiger partial charge in [0, 0.05) is 24.5 Å². The van der Waals surface area contributed by atoms with Crippen LogP contribution in [0.4, 0.5) is 4.39 Å². The number of carbonyl (C=O) groups excluding carboxylic acids is 1. The highest BCUT2D eigenvalue weighted by Crippen LogP contribution is 2.23. The van der Waals surface area contributed by atoms with Crippen LogP contribution in [0.25, 0.3) is 0 Å². The zero-order valence-corrected chi connectivity index (χ0v) is 15.9. The smallest absolute Gasteiger partial charge is 0.250 e. The molecule has 1 fully saturated rings. The minimum atomic E-state index is -3.66. The van der Waals surface area contributed by atoms with E-state index < -0.39 is 10.0 Å². The molecule has 3 rings (SSSR count). The zero-order valence-electron chi connectivity index (χ0n) is 14.3. The van der Waals surface area contributed by atoms with E-state index in [4.69, 9.17) is 0 Å². The molecule has 1 aromatic carbocycles. The Kier molecular flexibility index (Phi) is 6.05. The third-order valence-corrected chi connectivity index (χ3v) is 7.29. The summed E-state index contributed by atoms with van der Waals surface area (Å²) in [4.78, 5) is 14.9. The summed E-state index contributed by atoms with van der Waals surface area (Å²) in [6.45, 7) is 1.66. The predicted molar refractivity (Wildman–Crippen MR) is 98.9 cm³/mol. The molecule has 1 N–H and O–H groups in total. The Labute approximate surface area is 156 Å². The van der Waals surface area contributed by atoms with Crippen LogP contribution in [0.5, 0.6) is 0 Å². The molecular formula is C18H21FN2O3S2. The Bertz CT molecular complexity index is 857. The molecule has 2 heterocycles. The van der Waals surface area contributed by atoms with Crippen molar-refractivity contribution in [2.75, 3.05) is 13.1 Å². The van der Waals surface area contributed by atoms with Gasteiger partial charge in [0.25, 0.3) is 0 Å². The first-order valence-electron chi connectivity index (χ1n) is 8.55. The minimum Gasteiger partial charge on any atom is -0.342 e. The van der Waals surface area contributed by atoms with E-state index >= 15 is 0 Å². The van der Waals surface area contributed by atoms with Crippen LogP contribution in [0.15, 0.2) is 40.6 Å². The van der Waals surface area contributed by atoms with Gasteiger partial charge in [-0.3, -0.25) is 4.79 Å². The average Bonchev–Trinajstić information content (AvgIpc) is 3.11. The van der Waals surface area contributed by atoms with Crippen LogP contribution in [0.3, 0.4) is 0 Å². The van der Waals surface area contributed by atoms with Crippen LogP contribution in [-0.4, -0.2) is 32.3 Å². The van der Waals surface area contributed by atoms with Crippen LogP contribution in [0.2, 0.25) is 0 Å². The number of thiophene rings is 1. The highest BCUT2D eigenvalue weighted by molar-refractivity contribution is 7.91. The first kappa shape index (κ1) is 19.0. The predicted octanol–water partition coefficient (Wildman–Crippen LogP) is 2.92. The molecule has 1 amide bonds. The lowest BCUT2D eigenvalue weighted by molar-refractivity contribution is -0.131. The average molecular weight is 397 g/mol. The Hall–Kier alpha value is -1.77. The van der Waals surface area contributed by atoms with E-state index in [0.717, 1.165) is 48.6 Å². The quantitative estimate of drug-likeness (QED) is 0.816. The van der Waals surface area contributed by atoms with Gasteiger partial charge < -0.3 is 4.90 Å². The molecule has 0 aliphatic carbocycles. The molecule has 1 aliphatic rings. The topological polar surface area (TPSA) is 66.5 Å². The van der Waals surface area contributed by atoms with E-state index in [-0.39, 0.29) is 28.9 Å². The van der Waals surface area contributed by atoms with Gasteiger partial charge in [-0.25, -0.2) is 17.5 Å². The lowest BCUT2D eigenvalue weighted by Crippen LogP contribution is -2.36. The fourth-order valence-corrected chi connectivity index (χ4v) is 5.26. The number of rotatable bonds is 6. The number of nitrogens with zero attached hydrogens (tertiary/aromatic N) is 1. The number of halogens is 1. The number of benzene rings is 1. The van der Waals surface area contributed by atoms with Crippen LogP contribution in [0, 0.1) is 5.82 Å². The van der Waals surface area contributed by atoms with Gasteiger partial charge >= 0.3 is 0 Å². The van der Waals surface area contributed by atoms with Gasteiger partial charge in [-0.05, 0) is 49.1 Å². The standard InChI is InChI=1S/C18H21FN2O3S2/c19-15-6-4-14(5-7-15)13-20-26(23,24)18-9-8-16(25-18)12-17(22)21-10-2-1-3-11-21/h4-9,20H,1-3,10-13H2. The van der Waals surface area contributed by atoms with Crippen molar-refractivity contribution in [2.24, 2.45) is 0 Å². The number of likely N-dealkylation sites (tertiary alicyclic amines) is 1. The lowest BCUT2D eigenvalue weighted by Gasteiger charge is -2.26. The number of sulfonamides is 1. The number of hydrogen-bond donors (Lipinski definition) is 1. The lowest BCUT2D eigenvalue weighted by atomic mass is 10.1. The second kappa shape index (κ2) is 8.28. The third-order valence-electron chi connectivity index (χ3n) is 4.32. The molecule has 1 aliphatic heterocycles. The zero-order chi connectivity index (χ0) is 18.6. The first-order valence-corrected chi connectivity index (χ1v) is 10.8. The number of carbonyl (C=O) groups is 1. The summed E-state index contributed by atoms with van der Waals surface area (Å²) in [5, 5.41) is 0. The molecule has 140 valence electrons. The van der Waals surface area contributed by atoms with Crippen LogP contribution in [-0.2, 0) is 27.8 Å². The second-order valence-corrected chi connectivity index (χ2v) is 9.45. The monoisotopic (exact) mass is 396 g/mol. The summed E-state index contributed by atoms with van der Waals surface area (Å²) in [5.41, 5.74) is 0.673. The van der Waals surface area contributed by atoms with Crippen molar-refractivity contribution in [1.82, 2.24) is 9.62 Å². The van der Waals surface area contributed by atoms with E-state index in [1.54, 1.807) is 6.07 Å². The largest absolute Gasteiger partial charge is 0.342 e. The molecule has 0 atom stereocenters. The molecule has 5 nitrogen and oxygen atoms in total. The molecule has 26 heavy (non-hydrogen) atoms. The molecular weight excluding hydrogens is 375 g/mol. The Morgan fingerprint density at radius 2 is 1.77 bits per heavy atom. The number of amides is 1. The molecule has 2 aromatic rings. The van der Waals surface area contributed by atoms with Crippen molar-refractivity contribution >= 4 is 27.3 Å². The van der Waals surface area contributed by atoms with E-state index in [1.807, 2.05) is 4.90 Å². The third kappa shape index (κ3) is 4.90. The Morgan fingerprint density at radius 1 is 1.08 bits per heavy atom. The number of nitrogens with one attached hydrogen (secondary N) is 1. The van der Waals surface area contributed by atoms with Gasteiger partial charge in [-0.15, -0.1) is 11.3 Å². The number of piperidine rings is 1. The summed E-state index contributed by atoms with van der Waals surface area (Å²) < 4.78 is 40.4. The maximum Gasteiger partial charge on any atom is 0.250 e. The second-order valence-electron chi connectivity index (χ2n) is 6.29. The maximum absolute atomic E-state index is 12.9. The minimum absolute atomic E-state index is 0.0507. The van der Waals surface area contributed by atoms with Gasteiger partial charge in [0.2, 0.25) is 15.9 Å².